The zero-order valence-corrected chi connectivity index (χ0v) is 10.5. The van der Waals surface area contributed by atoms with Gasteiger partial charge in [0.05, 0.1) is 0 Å². The molecule has 1 aliphatic carbocycles. The van der Waals surface area contributed by atoms with Crippen LogP contribution in [0.25, 0.3) is 5.65 Å². The third-order valence-corrected chi connectivity index (χ3v) is 3.87. The summed E-state index contributed by atoms with van der Waals surface area (Å²) in [5, 5.41) is 4.16. The number of hydrogen-bond acceptors (Lipinski definition) is 2. The van der Waals surface area contributed by atoms with E-state index in [2.05, 4.69) is 10.1 Å². The van der Waals surface area contributed by atoms with Crippen molar-refractivity contribution in [2.24, 2.45) is 0 Å². The maximum Gasteiger partial charge on any atom is 0.156 e. The molecule has 0 saturated heterocycles. The topological polar surface area (TPSA) is 30.2 Å². The molecule has 2 aromatic heterocycles. The van der Waals surface area contributed by atoms with Gasteiger partial charge < -0.3 is 0 Å². The number of halogens is 2. The average molecular weight is 271 g/mol. The zero-order valence-electron chi connectivity index (χ0n) is 10.5. The monoisotopic (exact) mass is 271 g/mol. The molecule has 0 bridgehead atoms. The van der Waals surface area contributed by atoms with Crippen LogP contribution < -0.4 is 0 Å². The molecule has 3 nitrogen and oxygen atoms in total. The third-order valence-electron chi connectivity index (χ3n) is 3.87. The van der Waals surface area contributed by atoms with Crippen LogP contribution in [0.4, 0.5) is 8.78 Å². The Labute approximate surface area is 113 Å². The molecular formula is C15H11F2N3. The molecule has 2 heterocycles. The van der Waals surface area contributed by atoms with E-state index in [-0.39, 0.29) is 17.7 Å². The number of rotatable bonds is 2. The summed E-state index contributed by atoms with van der Waals surface area (Å²) >= 11 is 0. The molecule has 20 heavy (non-hydrogen) atoms. The number of aromatic nitrogens is 3. The molecule has 4 rings (SSSR count). The summed E-state index contributed by atoms with van der Waals surface area (Å²) in [5.41, 5.74) is 2.28. The fourth-order valence-corrected chi connectivity index (χ4v) is 2.83. The highest BCUT2D eigenvalue weighted by Crippen LogP contribution is 2.55. The van der Waals surface area contributed by atoms with Crippen LogP contribution in [0.1, 0.15) is 29.4 Å². The average Bonchev–Trinajstić information content (AvgIpc) is 3.08. The number of benzene rings is 1. The Morgan fingerprint density at radius 2 is 1.90 bits per heavy atom. The van der Waals surface area contributed by atoms with Gasteiger partial charge in [-0.15, -0.1) is 0 Å². The highest BCUT2D eigenvalue weighted by molar-refractivity contribution is 5.52. The van der Waals surface area contributed by atoms with E-state index >= 15 is 0 Å². The van der Waals surface area contributed by atoms with Crippen molar-refractivity contribution < 1.29 is 8.78 Å². The first-order chi connectivity index (χ1) is 9.74. The molecule has 5 heteroatoms. The van der Waals surface area contributed by atoms with Gasteiger partial charge in [-0.25, -0.2) is 18.3 Å². The van der Waals surface area contributed by atoms with Crippen LogP contribution >= 0.6 is 0 Å². The molecule has 1 aliphatic rings. The van der Waals surface area contributed by atoms with Gasteiger partial charge in [-0.1, -0.05) is 0 Å². The Hall–Kier alpha value is -2.30. The molecule has 3 aromatic rings. The summed E-state index contributed by atoms with van der Waals surface area (Å²) in [6.45, 7) is 0. The maximum atomic E-state index is 13.8. The van der Waals surface area contributed by atoms with Crippen LogP contribution in [0, 0.1) is 11.6 Å². The molecule has 0 spiro atoms. The van der Waals surface area contributed by atoms with E-state index in [1.807, 2.05) is 6.07 Å². The van der Waals surface area contributed by atoms with E-state index in [4.69, 9.17) is 0 Å². The first-order valence-electron chi connectivity index (χ1n) is 6.47. The minimum atomic E-state index is -0.396. The molecule has 2 atom stereocenters. The molecule has 0 unspecified atom stereocenters. The summed E-state index contributed by atoms with van der Waals surface area (Å²) in [4.78, 5) is 4.28. The van der Waals surface area contributed by atoms with Crippen molar-refractivity contribution in [1.82, 2.24) is 14.6 Å². The first-order valence-corrected chi connectivity index (χ1v) is 6.47. The Balaban J connectivity index is 1.73. The Kier molecular flexibility index (Phi) is 2.36. The van der Waals surface area contributed by atoms with Gasteiger partial charge in [0.2, 0.25) is 0 Å². The molecule has 100 valence electrons. The second-order valence-corrected chi connectivity index (χ2v) is 5.10. The summed E-state index contributed by atoms with van der Waals surface area (Å²) in [7, 11) is 0. The van der Waals surface area contributed by atoms with Crippen LogP contribution in [-0.4, -0.2) is 14.6 Å². The fourth-order valence-electron chi connectivity index (χ4n) is 2.83. The van der Waals surface area contributed by atoms with Gasteiger partial charge in [-0.05, 0) is 48.1 Å². The standard InChI is InChI=1S/C15H11F2N3/c16-9-1-2-14(17)13(7-9)12-8-11(12)10-3-4-19-20-6-5-18-15(10)20/h1-7,11-12H,8H2/t11-,12+/m1/s1. The van der Waals surface area contributed by atoms with E-state index < -0.39 is 5.82 Å². The van der Waals surface area contributed by atoms with Crippen molar-refractivity contribution in [3.63, 3.8) is 0 Å². The Morgan fingerprint density at radius 1 is 1.05 bits per heavy atom. The second kappa shape index (κ2) is 4.10. The van der Waals surface area contributed by atoms with Gasteiger partial charge in [0.1, 0.15) is 11.6 Å². The molecule has 0 radical (unpaired) electrons. The highest BCUT2D eigenvalue weighted by Gasteiger charge is 2.42. The molecule has 1 aromatic carbocycles. The summed E-state index contributed by atoms with van der Waals surface area (Å²) < 4.78 is 28.8. The number of fused-ring (bicyclic) bond motifs is 1. The summed E-state index contributed by atoms with van der Waals surface area (Å²) in [6.07, 6.45) is 5.99. The normalized spacial score (nSPS) is 21.3. The van der Waals surface area contributed by atoms with Crippen molar-refractivity contribution in [1.29, 1.82) is 0 Å². The van der Waals surface area contributed by atoms with Crippen LogP contribution in [0.5, 0.6) is 0 Å². The van der Waals surface area contributed by atoms with Crippen LogP contribution in [0.3, 0.4) is 0 Å². The van der Waals surface area contributed by atoms with E-state index in [1.165, 1.54) is 12.1 Å². The molecular weight excluding hydrogens is 260 g/mol. The smallest absolute Gasteiger partial charge is 0.156 e. The van der Waals surface area contributed by atoms with Gasteiger partial charge in [0, 0.05) is 24.2 Å². The quantitative estimate of drug-likeness (QED) is 0.716. The summed E-state index contributed by atoms with van der Waals surface area (Å²) in [6, 6.07) is 5.54. The van der Waals surface area contributed by atoms with E-state index in [0.29, 0.717) is 5.56 Å². The Bertz CT molecular complexity index is 797. The largest absolute Gasteiger partial charge is 0.235 e. The van der Waals surface area contributed by atoms with Crippen molar-refractivity contribution in [2.45, 2.75) is 18.3 Å². The zero-order chi connectivity index (χ0) is 13.7. The van der Waals surface area contributed by atoms with Crippen molar-refractivity contribution >= 4 is 5.65 Å². The predicted molar refractivity (Wildman–Crippen MR) is 69.4 cm³/mol. The van der Waals surface area contributed by atoms with Crippen molar-refractivity contribution in [3.8, 4) is 0 Å². The molecule has 0 N–H and O–H groups in total. The first kappa shape index (κ1) is 11.5. The lowest BCUT2D eigenvalue weighted by atomic mass is 10.1. The van der Waals surface area contributed by atoms with Crippen LogP contribution in [0.15, 0.2) is 42.9 Å². The van der Waals surface area contributed by atoms with Gasteiger partial charge in [-0.2, -0.15) is 5.10 Å². The summed E-state index contributed by atoms with van der Waals surface area (Å²) in [5.74, 6) is -0.534. The van der Waals surface area contributed by atoms with Crippen LogP contribution in [-0.2, 0) is 0 Å². The molecule has 0 amide bonds. The number of hydrogen-bond donors (Lipinski definition) is 0. The minimum Gasteiger partial charge on any atom is -0.235 e. The lowest BCUT2D eigenvalue weighted by Crippen LogP contribution is -1.96. The maximum absolute atomic E-state index is 13.8. The molecule has 1 fully saturated rings. The van der Waals surface area contributed by atoms with Crippen molar-refractivity contribution in [3.05, 3.63) is 65.6 Å². The van der Waals surface area contributed by atoms with Crippen LogP contribution in [0.2, 0.25) is 0 Å². The van der Waals surface area contributed by atoms with Gasteiger partial charge in [0.15, 0.2) is 5.65 Å². The number of nitrogens with zero attached hydrogens (tertiary/aromatic N) is 3. The van der Waals surface area contributed by atoms with Gasteiger partial charge >= 0.3 is 0 Å². The third kappa shape index (κ3) is 1.70. The van der Waals surface area contributed by atoms with E-state index in [1.54, 1.807) is 23.1 Å². The van der Waals surface area contributed by atoms with Crippen molar-refractivity contribution in [2.75, 3.05) is 0 Å². The SMILES string of the molecule is Fc1ccc(F)c([C@H]2C[C@@H]2c2ccnn3ccnc23)c1. The number of imidazole rings is 1. The van der Waals surface area contributed by atoms with E-state index in [9.17, 15) is 8.78 Å². The Morgan fingerprint density at radius 3 is 2.80 bits per heavy atom. The minimum absolute atomic E-state index is 0.0219. The lowest BCUT2D eigenvalue weighted by molar-refractivity contribution is 0.585. The molecule has 0 aliphatic heterocycles. The highest BCUT2D eigenvalue weighted by atomic mass is 19.1. The second-order valence-electron chi connectivity index (χ2n) is 5.10. The van der Waals surface area contributed by atoms with Gasteiger partial charge in [-0.3, -0.25) is 0 Å². The predicted octanol–water partition coefficient (Wildman–Crippen LogP) is 3.28. The van der Waals surface area contributed by atoms with E-state index in [0.717, 1.165) is 23.7 Å². The fraction of sp³-hybridized carbons (Fsp3) is 0.200. The molecule has 1 saturated carbocycles. The lowest BCUT2D eigenvalue weighted by Gasteiger charge is -2.04. The van der Waals surface area contributed by atoms with Gasteiger partial charge in [0.25, 0.3) is 0 Å².